The summed E-state index contributed by atoms with van der Waals surface area (Å²) in [7, 11) is 2.34. The lowest BCUT2D eigenvalue weighted by molar-refractivity contribution is 0.0533. The van der Waals surface area contributed by atoms with E-state index < -0.39 is 0 Å². The van der Waals surface area contributed by atoms with Crippen LogP contribution in [-0.2, 0) is 0 Å². The molecule has 132 valence electrons. The van der Waals surface area contributed by atoms with Crippen LogP contribution in [0.25, 0.3) is 0 Å². The second kappa shape index (κ2) is 13.5. The van der Waals surface area contributed by atoms with Crippen LogP contribution in [0.5, 0.6) is 0 Å². The molecule has 0 fully saturated rings. The molecule has 3 atom stereocenters. The maximum absolute atomic E-state index is 10.9. The van der Waals surface area contributed by atoms with Gasteiger partial charge in [-0.25, -0.2) is 0 Å². The second-order valence-electron chi connectivity index (χ2n) is 7.84. The van der Waals surface area contributed by atoms with Crippen LogP contribution in [0.4, 0.5) is 0 Å². The molecule has 0 amide bonds. The van der Waals surface area contributed by atoms with E-state index in [1.165, 1.54) is 83.5 Å². The first kappa shape index (κ1) is 22.0. The van der Waals surface area contributed by atoms with E-state index in [1.807, 2.05) is 0 Å². The molecule has 0 saturated heterocycles. The molecule has 0 bridgehead atoms. The largest absolute Gasteiger partial charge is 0.393 e. The first-order valence-electron chi connectivity index (χ1n) is 10.2. The normalized spacial score (nSPS) is 17.1. The quantitative estimate of drug-likeness (QED) is 0.294. The van der Waals surface area contributed by atoms with Crippen molar-refractivity contribution in [1.82, 2.24) is 0 Å². The molecule has 0 rings (SSSR count). The molecule has 3 unspecified atom stereocenters. The molecule has 0 aliphatic carbocycles. The summed E-state index contributed by atoms with van der Waals surface area (Å²) in [6.07, 6.45) is 16.6. The number of aliphatic hydroxyl groups is 1. The Hall–Kier alpha value is 0.0249. The molecular weight excluding hydrogens is 267 g/mol. The Balaban J connectivity index is 4.26. The van der Waals surface area contributed by atoms with Crippen molar-refractivity contribution >= 4 is 7.85 Å². The minimum Gasteiger partial charge on any atom is -0.393 e. The van der Waals surface area contributed by atoms with Crippen molar-refractivity contribution in [3.05, 3.63) is 0 Å². The second-order valence-corrected chi connectivity index (χ2v) is 7.84. The van der Waals surface area contributed by atoms with Crippen LogP contribution in [0, 0.1) is 5.92 Å². The van der Waals surface area contributed by atoms with Crippen molar-refractivity contribution in [3.63, 3.8) is 0 Å². The number of hydrogen-bond acceptors (Lipinski definition) is 1. The Morgan fingerprint density at radius 1 is 0.773 bits per heavy atom. The van der Waals surface area contributed by atoms with E-state index in [1.54, 1.807) is 0 Å². The van der Waals surface area contributed by atoms with Gasteiger partial charge in [0.2, 0.25) is 0 Å². The van der Waals surface area contributed by atoms with Crippen molar-refractivity contribution in [2.45, 2.75) is 123 Å². The molecular formula is C20H43BO. The zero-order chi connectivity index (χ0) is 16.8. The van der Waals surface area contributed by atoms with Gasteiger partial charge in [-0.1, -0.05) is 105 Å². The summed E-state index contributed by atoms with van der Waals surface area (Å²) in [6.45, 7) is 9.04. The highest BCUT2D eigenvalue weighted by Gasteiger charge is 2.34. The minimum absolute atomic E-state index is 0.125. The highest BCUT2D eigenvalue weighted by atomic mass is 16.3. The molecule has 0 aliphatic heterocycles. The van der Waals surface area contributed by atoms with Gasteiger partial charge in [-0.15, -0.1) is 0 Å². The summed E-state index contributed by atoms with van der Waals surface area (Å²) in [4.78, 5) is 0. The average molecular weight is 310 g/mol. The fraction of sp³-hybridized carbons (Fsp3) is 1.00. The molecule has 0 spiro atoms. The molecule has 1 nitrogen and oxygen atoms in total. The van der Waals surface area contributed by atoms with Crippen LogP contribution in [-0.4, -0.2) is 19.1 Å². The minimum atomic E-state index is -0.125. The summed E-state index contributed by atoms with van der Waals surface area (Å²) >= 11 is 0. The number of rotatable bonds is 15. The first-order chi connectivity index (χ1) is 10.5. The smallest absolute Gasteiger partial charge is 0.112 e. The predicted molar refractivity (Wildman–Crippen MR) is 103 cm³/mol. The van der Waals surface area contributed by atoms with Gasteiger partial charge in [0, 0.05) is 0 Å². The number of unbranched alkanes of at least 4 members (excludes halogenated alkanes) is 7. The molecule has 0 aliphatic rings. The van der Waals surface area contributed by atoms with Crippen molar-refractivity contribution in [1.29, 1.82) is 0 Å². The Labute approximate surface area is 142 Å². The maximum Gasteiger partial charge on any atom is 0.112 e. The van der Waals surface area contributed by atoms with E-state index in [-0.39, 0.29) is 11.4 Å². The number of hydrogen-bond donors (Lipinski definition) is 1. The Morgan fingerprint density at radius 3 is 1.91 bits per heavy atom. The molecule has 0 aromatic rings. The van der Waals surface area contributed by atoms with Gasteiger partial charge in [0.25, 0.3) is 0 Å². The summed E-state index contributed by atoms with van der Waals surface area (Å²) in [5.74, 6) is 0.447. The number of aliphatic hydroxyl groups excluding tert-OH is 1. The SMILES string of the molecule is BC(CCC)(CCCCCCCC)C(O)C(C)CCCCC. The standard InChI is InChI=1S/C20H43BO/c1-5-8-10-11-12-14-17-20(21,16-7-3)19(22)18(4)15-13-9-6-2/h18-19,22H,5-17,21H2,1-4H3. The third-order valence-corrected chi connectivity index (χ3v) is 5.44. The zero-order valence-corrected chi connectivity index (χ0v) is 16.3. The summed E-state index contributed by atoms with van der Waals surface area (Å²) in [5.41, 5.74) is 0. The van der Waals surface area contributed by atoms with E-state index in [2.05, 4.69) is 35.5 Å². The highest BCUT2D eigenvalue weighted by molar-refractivity contribution is 6.15. The average Bonchev–Trinajstić information content (AvgIpc) is 2.50. The van der Waals surface area contributed by atoms with Gasteiger partial charge in [-0.05, 0) is 17.7 Å². The fourth-order valence-corrected chi connectivity index (χ4v) is 3.86. The molecule has 22 heavy (non-hydrogen) atoms. The van der Waals surface area contributed by atoms with Crippen LogP contribution >= 0.6 is 0 Å². The van der Waals surface area contributed by atoms with Crippen LogP contribution in [0.15, 0.2) is 0 Å². The Morgan fingerprint density at radius 2 is 1.32 bits per heavy atom. The molecule has 0 saturated carbocycles. The van der Waals surface area contributed by atoms with E-state index in [4.69, 9.17) is 0 Å². The molecule has 0 heterocycles. The van der Waals surface area contributed by atoms with E-state index >= 15 is 0 Å². The summed E-state index contributed by atoms with van der Waals surface area (Å²) < 4.78 is 0. The fourth-order valence-electron chi connectivity index (χ4n) is 3.86. The Kier molecular flexibility index (Phi) is 13.5. The van der Waals surface area contributed by atoms with E-state index in [0.29, 0.717) is 5.92 Å². The molecule has 1 N–H and O–H groups in total. The van der Waals surface area contributed by atoms with Crippen LogP contribution in [0.3, 0.4) is 0 Å². The van der Waals surface area contributed by atoms with Gasteiger partial charge in [0.05, 0.1) is 6.10 Å². The molecule has 2 heteroatoms. The van der Waals surface area contributed by atoms with E-state index in [0.717, 1.165) is 0 Å². The van der Waals surface area contributed by atoms with Gasteiger partial charge >= 0.3 is 0 Å². The van der Waals surface area contributed by atoms with Crippen molar-refractivity contribution in [2.24, 2.45) is 5.92 Å². The molecule has 0 radical (unpaired) electrons. The van der Waals surface area contributed by atoms with Crippen molar-refractivity contribution < 1.29 is 5.11 Å². The van der Waals surface area contributed by atoms with Crippen molar-refractivity contribution in [2.75, 3.05) is 0 Å². The van der Waals surface area contributed by atoms with Crippen LogP contribution in [0.2, 0.25) is 5.31 Å². The van der Waals surface area contributed by atoms with Crippen molar-refractivity contribution in [3.8, 4) is 0 Å². The van der Waals surface area contributed by atoms with Gasteiger partial charge in [0.1, 0.15) is 7.85 Å². The van der Waals surface area contributed by atoms with Crippen LogP contribution in [0.1, 0.15) is 111 Å². The Bertz CT molecular complexity index is 244. The van der Waals surface area contributed by atoms with E-state index in [9.17, 15) is 5.11 Å². The van der Waals surface area contributed by atoms with Crippen LogP contribution < -0.4 is 0 Å². The van der Waals surface area contributed by atoms with Gasteiger partial charge in [-0.2, -0.15) is 0 Å². The van der Waals surface area contributed by atoms with Gasteiger partial charge in [-0.3, -0.25) is 0 Å². The maximum atomic E-state index is 10.9. The first-order valence-corrected chi connectivity index (χ1v) is 10.2. The monoisotopic (exact) mass is 310 g/mol. The lowest BCUT2D eigenvalue weighted by Crippen LogP contribution is -2.34. The summed E-state index contributed by atoms with van der Waals surface area (Å²) in [6, 6.07) is 0. The highest BCUT2D eigenvalue weighted by Crippen LogP contribution is 2.42. The van der Waals surface area contributed by atoms with Gasteiger partial charge in [0.15, 0.2) is 0 Å². The lowest BCUT2D eigenvalue weighted by Gasteiger charge is -2.38. The third-order valence-electron chi connectivity index (χ3n) is 5.44. The topological polar surface area (TPSA) is 20.2 Å². The predicted octanol–water partition coefficient (Wildman–Crippen LogP) is 5.91. The third kappa shape index (κ3) is 9.23. The molecule has 0 aromatic heterocycles. The summed E-state index contributed by atoms with van der Waals surface area (Å²) in [5, 5.41) is 11.0. The lowest BCUT2D eigenvalue weighted by atomic mass is 9.57. The molecule has 0 aromatic carbocycles. The van der Waals surface area contributed by atoms with Gasteiger partial charge < -0.3 is 5.11 Å². The zero-order valence-electron chi connectivity index (χ0n) is 16.3.